The molecule has 4 aliphatic heterocycles. The molecule has 0 amide bonds. The lowest BCUT2D eigenvalue weighted by molar-refractivity contribution is -0.187. The fourth-order valence-corrected chi connectivity index (χ4v) is 12.8. The molecule has 4 heterocycles. The first kappa shape index (κ1) is 151. The highest BCUT2D eigenvalue weighted by atomic mass is 19.2. The number of allylic oxidation sites excluding steroid dienone is 4. The van der Waals surface area contributed by atoms with Crippen molar-refractivity contribution in [2.75, 3.05) is 39.6 Å². The van der Waals surface area contributed by atoms with E-state index in [9.17, 15) is 26.3 Å². The lowest BCUT2D eigenvalue weighted by Gasteiger charge is -2.24. The molecule has 124 heavy (non-hydrogen) atoms. The van der Waals surface area contributed by atoms with E-state index in [-0.39, 0.29) is 140 Å². The molecule has 9 aliphatic rings. The summed E-state index contributed by atoms with van der Waals surface area (Å²) < 4.78 is 107. The molecule has 3 saturated carbocycles. The van der Waals surface area contributed by atoms with Gasteiger partial charge in [-0.15, -0.1) is 0 Å². The van der Waals surface area contributed by atoms with Gasteiger partial charge < -0.3 is 28.4 Å². The van der Waals surface area contributed by atoms with E-state index in [0.29, 0.717) is 71.0 Å². The maximum atomic E-state index is 12.7. The van der Waals surface area contributed by atoms with Crippen molar-refractivity contribution in [2.45, 2.75) is 450 Å². The van der Waals surface area contributed by atoms with Crippen molar-refractivity contribution in [3.8, 4) is 0 Å². The average Bonchev–Trinajstić information content (AvgIpc) is 0.858. The van der Waals surface area contributed by atoms with Crippen LogP contribution in [-0.2, 0) is 28.4 Å². The molecule has 744 valence electrons. The number of hydrogen-bond acceptors (Lipinski definition) is 6. The quantitative estimate of drug-likeness (QED) is 0.164. The maximum Gasteiger partial charge on any atom is 0.161 e. The molecule has 6 unspecified atom stereocenters. The van der Waals surface area contributed by atoms with Gasteiger partial charge in [0.1, 0.15) is 11.6 Å². The van der Waals surface area contributed by atoms with E-state index in [4.69, 9.17) is 28.4 Å². The molecule has 13 rings (SSSR count). The molecule has 0 bridgehead atoms. The molecule has 7 fully saturated rings. The predicted molar refractivity (Wildman–Crippen MR) is 550 cm³/mol. The Morgan fingerprint density at radius 3 is 0.589 bits per heavy atom. The zero-order valence-electron chi connectivity index (χ0n) is 74.7. The molecule has 0 N–H and O–H groups in total. The highest BCUT2D eigenvalue weighted by molar-refractivity contribution is 5.25. The summed E-state index contributed by atoms with van der Waals surface area (Å²) >= 11 is 0. The van der Waals surface area contributed by atoms with Crippen molar-refractivity contribution in [3.63, 3.8) is 0 Å². The van der Waals surface area contributed by atoms with E-state index in [1.165, 1.54) is 153 Å². The molecule has 6 nitrogen and oxygen atoms in total. The minimum atomic E-state index is -0.736. The van der Waals surface area contributed by atoms with Crippen molar-refractivity contribution in [1.82, 2.24) is 0 Å². The van der Waals surface area contributed by atoms with Crippen molar-refractivity contribution in [1.29, 1.82) is 0 Å². The minimum absolute atomic E-state index is 0. The monoisotopic (exact) mass is 1770 g/mol. The van der Waals surface area contributed by atoms with Crippen LogP contribution in [0.1, 0.15) is 414 Å². The maximum absolute atomic E-state index is 12.7. The molecule has 0 aromatic heterocycles. The summed E-state index contributed by atoms with van der Waals surface area (Å²) in [5.74, 6) is 8.55. The highest BCUT2D eigenvalue weighted by Crippen LogP contribution is 2.32. The Labute approximate surface area is 774 Å². The average molecular weight is 1770 g/mol. The molecule has 4 saturated heterocycles. The van der Waals surface area contributed by atoms with Gasteiger partial charge in [0.2, 0.25) is 0 Å². The van der Waals surface area contributed by atoms with Gasteiger partial charge in [-0.3, -0.25) is 0 Å². The van der Waals surface area contributed by atoms with Crippen LogP contribution in [0.2, 0.25) is 0 Å². The van der Waals surface area contributed by atoms with E-state index < -0.39 is 11.6 Å². The predicted octanol–water partition coefficient (Wildman–Crippen LogP) is 38.9. The van der Waals surface area contributed by atoms with Gasteiger partial charge in [-0.2, -0.15) is 0 Å². The van der Waals surface area contributed by atoms with Gasteiger partial charge in [0.15, 0.2) is 24.2 Å². The van der Waals surface area contributed by atoms with Crippen LogP contribution < -0.4 is 0 Å². The van der Waals surface area contributed by atoms with Crippen molar-refractivity contribution >= 4 is 0 Å². The topological polar surface area (TPSA) is 55.4 Å². The van der Waals surface area contributed by atoms with Crippen LogP contribution in [0.5, 0.6) is 0 Å². The summed E-state index contributed by atoms with van der Waals surface area (Å²) in [5.41, 5.74) is 8.65. The molecule has 0 radical (unpaired) electrons. The van der Waals surface area contributed by atoms with Crippen molar-refractivity contribution in [2.24, 2.45) is 71.0 Å². The zero-order chi connectivity index (χ0) is 83.0. The summed E-state index contributed by atoms with van der Waals surface area (Å²) in [6.45, 7) is 58.9. The molecule has 12 heteroatoms. The fourth-order valence-electron chi connectivity index (χ4n) is 12.8. The van der Waals surface area contributed by atoms with E-state index in [1.54, 1.807) is 38.1 Å². The van der Waals surface area contributed by atoms with Gasteiger partial charge in [-0.05, 0) is 264 Å². The number of aryl methyl sites for hydroxylation is 8. The summed E-state index contributed by atoms with van der Waals surface area (Å²) in [6, 6.07) is 22.0. The van der Waals surface area contributed by atoms with Crippen LogP contribution in [0.15, 0.2) is 95.6 Å². The summed E-state index contributed by atoms with van der Waals surface area (Å²) in [5, 5.41) is 0. The standard InChI is InChI=1S/C8H8F2.2C8H13F.2C8H9F.3C8H16.C8H10.2C7H14O.2C6H12O2.14CH4/c1-5-3-4-6(2)8(10)7(5)9;4*1-6-3-4-7(2)8(9)5-6;4*1-7-3-5-8(2)6-4-7;2*1-6-3-4-7(2)8-5-6;2*1-5-3-7-6(2)8-4-5;;;;;;;;;;;;;;/h3-4H,1-2H3;2*6H,3-5H2,1-2H3;2*3-5H,1-2H3;3*7-8H,3-6H2,1-2H3;3-6H,1-2H3;2*6-7H,3-5H2,1-2H3;2*5-6H,3-4H2,1-2H3;14*1H4. The van der Waals surface area contributed by atoms with E-state index in [1.807, 2.05) is 53.7 Å². The third kappa shape index (κ3) is 76.6. The van der Waals surface area contributed by atoms with Crippen LogP contribution in [0.4, 0.5) is 26.3 Å². The van der Waals surface area contributed by atoms with Crippen LogP contribution in [-0.4, -0.2) is 64.4 Å². The Hall–Kier alpha value is -4.30. The molecule has 4 aromatic carbocycles. The van der Waals surface area contributed by atoms with Crippen LogP contribution in [0, 0.1) is 150 Å². The molecular formula is C112H218F6O6. The largest absolute Gasteiger partial charge is 0.378 e. The SMILES string of the molecule is C.C.C.C.C.C.C.C.C.C.C.C.C.C.CC1=C(F)CC(C)CC1.CC1=C(F)CC(C)CC1.CC1CCC(C)CC1.CC1CCC(C)CC1.CC1CCC(C)CC1.CC1CCC(C)OC1.CC1CCC(C)OC1.CC1COC(C)OC1.CC1COC(C)OC1.Cc1ccc(C)c(F)c1.Cc1ccc(C)c(F)c1.Cc1ccc(C)c(F)c1F.Cc1ccc(C)cc1. The fraction of sp³-hybridized carbons (Fsp3) is 0.750. The first-order chi connectivity index (χ1) is 51.7. The molecular weight excluding hydrogens is 1560 g/mol. The first-order valence-corrected chi connectivity index (χ1v) is 43.0. The smallest absolute Gasteiger partial charge is 0.161 e. The van der Waals surface area contributed by atoms with Crippen LogP contribution in [0.3, 0.4) is 0 Å². The van der Waals surface area contributed by atoms with E-state index in [0.717, 1.165) is 122 Å². The van der Waals surface area contributed by atoms with Gasteiger partial charge in [0.05, 0.1) is 50.3 Å². The summed E-state index contributed by atoms with van der Waals surface area (Å²) in [4.78, 5) is 0. The van der Waals surface area contributed by atoms with Gasteiger partial charge in [0.25, 0.3) is 0 Å². The third-order valence-electron chi connectivity index (χ3n) is 22.2. The summed E-state index contributed by atoms with van der Waals surface area (Å²) in [7, 11) is 0. The Bertz CT molecular complexity index is 2620. The highest BCUT2D eigenvalue weighted by Gasteiger charge is 2.20. The second-order valence-corrected chi connectivity index (χ2v) is 35.5. The lowest BCUT2D eigenvalue weighted by atomic mass is 9.84. The number of halogens is 6. The van der Waals surface area contributed by atoms with Gasteiger partial charge >= 0.3 is 0 Å². The van der Waals surface area contributed by atoms with Gasteiger partial charge in [-0.1, -0.05) is 336 Å². The van der Waals surface area contributed by atoms with Crippen molar-refractivity contribution in [3.05, 3.63) is 163 Å². The molecule has 6 atom stereocenters. The molecule has 5 aliphatic carbocycles. The summed E-state index contributed by atoms with van der Waals surface area (Å²) in [6.07, 6.45) is 29.6. The Morgan fingerprint density at radius 1 is 0.218 bits per heavy atom. The molecule has 4 aromatic rings. The van der Waals surface area contributed by atoms with Crippen LogP contribution >= 0.6 is 0 Å². The first-order valence-electron chi connectivity index (χ1n) is 43.0. The number of ether oxygens (including phenoxy) is 6. The normalized spacial score (nSPS) is 25.0. The van der Waals surface area contributed by atoms with E-state index in [2.05, 4.69) is 135 Å². The van der Waals surface area contributed by atoms with E-state index >= 15 is 0 Å². The Morgan fingerprint density at radius 2 is 0.419 bits per heavy atom. The van der Waals surface area contributed by atoms with Crippen molar-refractivity contribution < 1.29 is 54.8 Å². The second-order valence-electron chi connectivity index (χ2n) is 35.5. The number of rotatable bonds is 0. The van der Waals surface area contributed by atoms with Crippen LogP contribution in [0.25, 0.3) is 0 Å². The second kappa shape index (κ2) is 86.7. The zero-order valence-corrected chi connectivity index (χ0v) is 74.7. The number of benzene rings is 4. The molecule has 0 spiro atoms. The Balaban J connectivity index is -0.0000000873. The van der Waals surface area contributed by atoms with Gasteiger partial charge in [-0.25, -0.2) is 26.3 Å². The lowest BCUT2D eigenvalue weighted by Crippen LogP contribution is -2.27. The Kier molecular flexibility index (Phi) is 106. The third-order valence-corrected chi connectivity index (χ3v) is 22.2. The minimum Gasteiger partial charge on any atom is -0.378 e. The number of hydrogen-bond donors (Lipinski definition) is 0. The van der Waals surface area contributed by atoms with Gasteiger partial charge in [0, 0.05) is 37.9 Å².